The number of nitrogens with zero attached hydrogens (tertiary/aromatic N) is 1. The van der Waals surface area contributed by atoms with E-state index in [0.717, 1.165) is 31.1 Å². The first-order valence-electron chi connectivity index (χ1n) is 10.5. The second-order valence-corrected chi connectivity index (χ2v) is 10.9. The Morgan fingerprint density at radius 3 is 2.29 bits per heavy atom. The van der Waals surface area contributed by atoms with Gasteiger partial charge >= 0.3 is 6.18 Å². The second-order valence-electron chi connectivity index (χ2n) is 8.88. The third-order valence-corrected chi connectivity index (χ3v) is 8.24. The summed E-state index contributed by atoms with van der Waals surface area (Å²) in [5.41, 5.74) is -1.99. The molecule has 5 rings (SSSR count). The Morgan fingerprint density at radius 1 is 1.11 bits per heavy atom. The van der Waals surface area contributed by atoms with Crippen LogP contribution in [0, 0.1) is 5.92 Å². The van der Waals surface area contributed by atoms with Crippen molar-refractivity contribution in [2.75, 3.05) is 13.1 Å². The molecule has 2 aromatic rings. The minimum absolute atomic E-state index is 0.00467. The number of halogens is 8. The summed E-state index contributed by atoms with van der Waals surface area (Å²) >= 11 is 21.2. The maximum absolute atomic E-state index is 15.4. The van der Waals surface area contributed by atoms with Gasteiger partial charge in [0.15, 0.2) is 5.67 Å². The molecule has 0 aromatic heterocycles. The standard InChI is InChI=1S/C23H16BrCl3F4N2O2/c24-15-5-12(3-4-14(15)21(28)9-33(10-21)20(34)11-1-2-11)18-8-22(35-32-18,23(29,30)31)13-6-16(25)19(27)17(26)7-13/h3-8,11,32H,1-2,9-10H2. The molecule has 1 amide bonds. The third-order valence-electron chi connectivity index (χ3n) is 6.39. The lowest BCUT2D eigenvalue weighted by Gasteiger charge is -2.45. The van der Waals surface area contributed by atoms with Crippen molar-refractivity contribution in [2.45, 2.75) is 30.3 Å². The number of nitrogens with one attached hydrogen (secondary N) is 1. The molecular weight excluding hydrogens is 599 g/mol. The predicted octanol–water partition coefficient (Wildman–Crippen LogP) is 7.16. The van der Waals surface area contributed by atoms with Gasteiger partial charge in [0, 0.05) is 27.1 Å². The highest BCUT2D eigenvalue weighted by Gasteiger charge is 2.60. The summed E-state index contributed by atoms with van der Waals surface area (Å²) < 4.78 is 58.6. The maximum Gasteiger partial charge on any atom is 0.428 e. The van der Waals surface area contributed by atoms with Crippen molar-refractivity contribution in [3.05, 3.63) is 72.6 Å². The molecule has 4 nitrogen and oxygen atoms in total. The number of carbonyl (C=O) groups is 1. The Morgan fingerprint density at radius 2 is 1.74 bits per heavy atom. The molecule has 1 unspecified atom stereocenters. The van der Waals surface area contributed by atoms with Crippen molar-refractivity contribution in [3.8, 4) is 0 Å². The molecule has 1 atom stereocenters. The SMILES string of the molecule is O=C(C1CC1)N1CC(F)(c2ccc(C3=CC(c4cc(Cl)c(Cl)c(Cl)c4)(C(F)(F)F)ON3)cc2Br)C1. The molecule has 0 bridgehead atoms. The monoisotopic (exact) mass is 612 g/mol. The van der Waals surface area contributed by atoms with Crippen LogP contribution in [0.4, 0.5) is 17.6 Å². The fourth-order valence-corrected chi connectivity index (χ4v) is 5.61. The van der Waals surface area contributed by atoms with Gasteiger partial charge in [-0.3, -0.25) is 15.1 Å². The van der Waals surface area contributed by atoms with Gasteiger partial charge in [0.05, 0.1) is 33.9 Å². The van der Waals surface area contributed by atoms with E-state index < -0.39 is 17.4 Å². The molecule has 2 fully saturated rings. The molecular formula is C23H16BrCl3F4N2O2. The first-order chi connectivity index (χ1) is 16.3. The summed E-state index contributed by atoms with van der Waals surface area (Å²) in [6.45, 7) is -0.112. The van der Waals surface area contributed by atoms with Crippen molar-refractivity contribution in [1.29, 1.82) is 0 Å². The Bertz CT molecular complexity index is 1240. The van der Waals surface area contributed by atoms with Crippen LogP contribution in [-0.4, -0.2) is 30.1 Å². The average Bonchev–Trinajstić information content (AvgIpc) is 3.51. The highest BCUT2D eigenvalue weighted by molar-refractivity contribution is 9.10. The largest absolute Gasteiger partial charge is 0.428 e. The van der Waals surface area contributed by atoms with Gasteiger partial charge in [-0.1, -0.05) is 62.9 Å². The van der Waals surface area contributed by atoms with Crippen LogP contribution >= 0.6 is 50.7 Å². The van der Waals surface area contributed by atoms with Crippen LogP contribution in [0.15, 0.2) is 40.9 Å². The molecule has 186 valence electrons. The number of benzene rings is 2. The molecule has 35 heavy (non-hydrogen) atoms. The fourth-order valence-electron chi connectivity index (χ4n) is 4.27. The maximum atomic E-state index is 15.4. The zero-order valence-electron chi connectivity index (χ0n) is 17.7. The molecule has 1 N–H and O–H groups in total. The molecule has 1 saturated carbocycles. The molecule has 3 aliphatic rings. The van der Waals surface area contributed by atoms with Gasteiger partial charge in [0.25, 0.3) is 0 Å². The molecule has 1 aliphatic carbocycles. The molecule has 2 aliphatic heterocycles. The number of hydrogen-bond donors (Lipinski definition) is 1. The number of alkyl halides is 4. The van der Waals surface area contributed by atoms with Crippen LogP contribution in [0.25, 0.3) is 5.70 Å². The van der Waals surface area contributed by atoms with Crippen LogP contribution in [0.5, 0.6) is 0 Å². The molecule has 0 spiro atoms. The van der Waals surface area contributed by atoms with Crippen molar-refractivity contribution >= 4 is 62.3 Å². The van der Waals surface area contributed by atoms with Crippen molar-refractivity contribution in [1.82, 2.24) is 10.4 Å². The van der Waals surface area contributed by atoms with Crippen molar-refractivity contribution in [2.24, 2.45) is 5.92 Å². The van der Waals surface area contributed by atoms with Crippen molar-refractivity contribution < 1.29 is 27.2 Å². The zero-order chi connectivity index (χ0) is 25.3. The Kier molecular flexibility index (Phi) is 6.12. The van der Waals surface area contributed by atoms with E-state index in [4.69, 9.17) is 39.6 Å². The predicted molar refractivity (Wildman–Crippen MR) is 128 cm³/mol. The van der Waals surface area contributed by atoms with Gasteiger partial charge in [-0.15, -0.1) is 0 Å². The Labute approximate surface area is 221 Å². The Hall–Kier alpha value is -1.52. The molecule has 2 aromatic carbocycles. The first-order valence-corrected chi connectivity index (χ1v) is 12.4. The van der Waals surface area contributed by atoms with E-state index in [9.17, 15) is 18.0 Å². The number of rotatable bonds is 4. The molecule has 12 heteroatoms. The van der Waals surface area contributed by atoms with Gasteiger partial charge in [-0.25, -0.2) is 4.39 Å². The minimum atomic E-state index is -4.88. The quantitative estimate of drug-likeness (QED) is 0.294. The van der Waals surface area contributed by atoms with Crippen LogP contribution in [-0.2, 0) is 20.9 Å². The summed E-state index contributed by atoms with van der Waals surface area (Å²) in [5, 5.41) is -0.380. The highest BCUT2D eigenvalue weighted by atomic mass is 79.9. The molecule has 1 saturated heterocycles. The van der Waals surface area contributed by atoms with E-state index in [1.165, 1.54) is 23.1 Å². The number of hydrogen-bond acceptors (Lipinski definition) is 3. The topological polar surface area (TPSA) is 41.6 Å². The number of amides is 1. The molecule has 2 heterocycles. The summed E-state index contributed by atoms with van der Waals surface area (Å²) in [4.78, 5) is 18.7. The summed E-state index contributed by atoms with van der Waals surface area (Å²) in [5.74, 6) is -0.0283. The lowest BCUT2D eigenvalue weighted by atomic mass is 9.86. The number of likely N-dealkylation sites (tertiary alicyclic amines) is 1. The summed E-state index contributed by atoms with van der Waals surface area (Å²) in [6.07, 6.45) is -2.34. The van der Waals surface area contributed by atoms with Gasteiger partial charge in [-0.2, -0.15) is 13.2 Å². The normalized spacial score (nSPS) is 23.5. The van der Waals surface area contributed by atoms with E-state index >= 15 is 4.39 Å². The van der Waals surface area contributed by atoms with E-state index in [2.05, 4.69) is 21.4 Å². The number of carbonyl (C=O) groups excluding carboxylic acids is 1. The summed E-state index contributed by atoms with van der Waals surface area (Å²) in [7, 11) is 0. The van der Waals surface area contributed by atoms with Gasteiger partial charge in [-0.05, 0) is 37.1 Å². The van der Waals surface area contributed by atoms with E-state index in [0.29, 0.717) is 15.6 Å². The van der Waals surface area contributed by atoms with Crippen LogP contribution in [0.3, 0.4) is 0 Å². The van der Waals surface area contributed by atoms with Gasteiger partial charge < -0.3 is 4.90 Å². The summed E-state index contributed by atoms with van der Waals surface area (Å²) in [6, 6.07) is 6.56. The highest BCUT2D eigenvalue weighted by Crippen LogP contribution is 2.50. The Balaban J connectivity index is 1.45. The van der Waals surface area contributed by atoms with Gasteiger partial charge in [0.1, 0.15) is 0 Å². The third kappa shape index (κ3) is 4.23. The van der Waals surface area contributed by atoms with Crippen LogP contribution < -0.4 is 5.48 Å². The first kappa shape index (κ1) is 25.1. The van der Waals surface area contributed by atoms with Crippen molar-refractivity contribution in [3.63, 3.8) is 0 Å². The zero-order valence-corrected chi connectivity index (χ0v) is 21.5. The van der Waals surface area contributed by atoms with Crippen LogP contribution in [0.1, 0.15) is 29.5 Å². The number of hydroxylamine groups is 1. The lowest BCUT2D eigenvalue weighted by molar-refractivity contribution is -0.269. The van der Waals surface area contributed by atoms with Gasteiger partial charge in [0.2, 0.25) is 11.5 Å². The van der Waals surface area contributed by atoms with E-state index in [1.807, 2.05) is 0 Å². The molecule has 0 radical (unpaired) electrons. The average molecular weight is 615 g/mol. The minimum Gasteiger partial charge on any atom is -0.335 e. The smallest absolute Gasteiger partial charge is 0.335 e. The van der Waals surface area contributed by atoms with Crippen LogP contribution in [0.2, 0.25) is 15.1 Å². The van der Waals surface area contributed by atoms with E-state index in [-0.39, 0.29) is 51.2 Å². The second kappa shape index (κ2) is 8.52. The lowest BCUT2D eigenvalue weighted by Crippen LogP contribution is -2.59. The van der Waals surface area contributed by atoms with E-state index in [1.54, 1.807) is 0 Å². The fraction of sp³-hybridized carbons (Fsp3) is 0.348.